The van der Waals surface area contributed by atoms with E-state index >= 15 is 0 Å². The molecule has 21 heavy (non-hydrogen) atoms. The highest BCUT2D eigenvalue weighted by Crippen LogP contribution is 2.14. The smallest absolute Gasteiger partial charge is 0.410 e. The fourth-order valence-electron chi connectivity index (χ4n) is 1.89. The standard InChI is InChI=1S/C16H28N2O2S/c1-6-9-18(15(19)20-16(3,4)5)10-8-17-12-14-13(2)7-11-21-14/h7,11,17H,6,8-10,12H2,1-5H3. The Labute approximate surface area is 132 Å². The summed E-state index contributed by atoms with van der Waals surface area (Å²) in [7, 11) is 0. The van der Waals surface area contributed by atoms with Crippen molar-refractivity contribution in [2.45, 2.75) is 53.2 Å². The number of nitrogens with one attached hydrogen (secondary N) is 1. The molecule has 0 saturated heterocycles. The number of carbonyl (C=O) groups is 1. The Balaban J connectivity index is 2.37. The molecule has 1 N–H and O–H groups in total. The number of ether oxygens (including phenoxy) is 1. The van der Waals surface area contributed by atoms with E-state index in [2.05, 4.69) is 30.6 Å². The number of amides is 1. The summed E-state index contributed by atoms with van der Waals surface area (Å²) in [5, 5.41) is 5.50. The molecule has 0 spiro atoms. The van der Waals surface area contributed by atoms with Gasteiger partial charge in [-0.25, -0.2) is 4.79 Å². The van der Waals surface area contributed by atoms with Crippen LogP contribution in [0.1, 0.15) is 44.6 Å². The van der Waals surface area contributed by atoms with Gasteiger partial charge in [-0.3, -0.25) is 0 Å². The van der Waals surface area contributed by atoms with Gasteiger partial charge in [0.2, 0.25) is 0 Å². The molecule has 120 valence electrons. The van der Waals surface area contributed by atoms with E-state index in [9.17, 15) is 4.79 Å². The van der Waals surface area contributed by atoms with Crippen LogP contribution in [0.5, 0.6) is 0 Å². The highest BCUT2D eigenvalue weighted by Gasteiger charge is 2.21. The molecule has 1 rings (SSSR count). The summed E-state index contributed by atoms with van der Waals surface area (Å²) < 4.78 is 5.44. The molecular weight excluding hydrogens is 284 g/mol. The van der Waals surface area contributed by atoms with Crippen LogP contribution in [-0.2, 0) is 11.3 Å². The molecule has 1 heterocycles. The second-order valence-corrected chi connectivity index (χ2v) is 7.17. The maximum atomic E-state index is 12.1. The Morgan fingerprint density at radius 3 is 2.62 bits per heavy atom. The van der Waals surface area contributed by atoms with Crippen LogP contribution in [0.15, 0.2) is 11.4 Å². The fourth-order valence-corrected chi connectivity index (χ4v) is 2.77. The zero-order chi connectivity index (χ0) is 15.9. The molecule has 0 aliphatic carbocycles. The van der Waals surface area contributed by atoms with Crippen LogP contribution in [0, 0.1) is 6.92 Å². The number of hydrogen-bond donors (Lipinski definition) is 1. The number of thiophene rings is 1. The lowest BCUT2D eigenvalue weighted by Crippen LogP contribution is -2.40. The van der Waals surface area contributed by atoms with Crippen molar-refractivity contribution in [3.05, 3.63) is 21.9 Å². The number of hydrogen-bond acceptors (Lipinski definition) is 4. The lowest BCUT2D eigenvalue weighted by atomic mass is 10.2. The average molecular weight is 312 g/mol. The van der Waals surface area contributed by atoms with Crippen molar-refractivity contribution < 1.29 is 9.53 Å². The third-order valence-electron chi connectivity index (χ3n) is 2.96. The van der Waals surface area contributed by atoms with Crippen LogP contribution >= 0.6 is 11.3 Å². The summed E-state index contributed by atoms with van der Waals surface area (Å²) in [6, 6.07) is 2.13. The van der Waals surface area contributed by atoms with E-state index in [0.717, 1.165) is 26.1 Å². The molecule has 1 amide bonds. The van der Waals surface area contributed by atoms with Crippen LogP contribution < -0.4 is 5.32 Å². The molecule has 1 aromatic rings. The van der Waals surface area contributed by atoms with Gasteiger partial charge >= 0.3 is 6.09 Å². The molecule has 0 fully saturated rings. The van der Waals surface area contributed by atoms with Gasteiger partial charge in [0, 0.05) is 31.1 Å². The quantitative estimate of drug-likeness (QED) is 0.779. The molecule has 0 aliphatic rings. The fraction of sp³-hybridized carbons (Fsp3) is 0.688. The molecule has 0 radical (unpaired) electrons. The van der Waals surface area contributed by atoms with E-state index in [1.807, 2.05) is 20.8 Å². The summed E-state index contributed by atoms with van der Waals surface area (Å²) >= 11 is 1.77. The number of aryl methyl sites for hydroxylation is 1. The average Bonchev–Trinajstić information content (AvgIpc) is 2.76. The zero-order valence-electron chi connectivity index (χ0n) is 13.9. The Kier molecular flexibility index (Phi) is 7.18. The van der Waals surface area contributed by atoms with Crippen molar-refractivity contribution in [1.82, 2.24) is 10.2 Å². The molecule has 0 atom stereocenters. The monoisotopic (exact) mass is 312 g/mol. The number of carbonyl (C=O) groups excluding carboxylic acids is 1. The van der Waals surface area contributed by atoms with Crippen molar-refractivity contribution in [3.63, 3.8) is 0 Å². The van der Waals surface area contributed by atoms with Crippen molar-refractivity contribution in [2.75, 3.05) is 19.6 Å². The van der Waals surface area contributed by atoms with Gasteiger partial charge in [-0.1, -0.05) is 6.92 Å². The summed E-state index contributed by atoms with van der Waals surface area (Å²) in [5.74, 6) is 0. The minimum atomic E-state index is -0.440. The molecular formula is C16H28N2O2S. The van der Waals surface area contributed by atoms with Gasteiger partial charge in [-0.15, -0.1) is 11.3 Å². The molecule has 0 aliphatic heterocycles. The Hall–Kier alpha value is -1.07. The lowest BCUT2D eigenvalue weighted by Gasteiger charge is -2.27. The second kappa shape index (κ2) is 8.39. The first-order chi connectivity index (χ1) is 9.83. The molecule has 0 bridgehead atoms. The highest BCUT2D eigenvalue weighted by atomic mass is 32.1. The molecule has 0 aromatic carbocycles. The van der Waals surface area contributed by atoms with Gasteiger partial charge in [0.15, 0.2) is 0 Å². The first-order valence-corrected chi connectivity index (χ1v) is 8.43. The van der Waals surface area contributed by atoms with E-state index in [1.54, 1.807) is 16.2 Å². The van der Waals surface area contributed by atoms with Crippen molar-refractivity contribution in [1.29, 1.82) is 0 Å². The zero-order valence-corrected chi connectivity index (χ0v) is 14.7. The van der Waals surface area contributed by atoms with Crippen LogP contribution in [0.2, 0.25) is 0 Å². The van der Waals surface area contributed by atoms with Gasteiger partial charge in [-0.05, 0) is 51.1 Å². The Morgan fingerprint density at radius 1 is 1.38 bits per heavy atom. The predicted octanol–water partition coefficient (Wildman–Crippen LogP) is 3.79. The predicted molar refractivity (Wildman–Crippen MR) is 88.9 cm³/mol. The van der Waals surface area contributed by atoms with Crippen LogP contribution in [0.3, 0.4) is 0 Å². The Bertz CT molecular complexity index is 438. The van der Waals surface area contributed by atoms with Gasteiger partial charge in [0.1, 0.15) is 5.60 Å². The topological polar surface area (TPSA) is 41.6 Å². The van der Waals surface area contributed by atoms with Gasteiger partial charge in [0.25, 0.3) is 0 Å². The van der Waals surface area contributed by atoms with E-state index in [0.29, 0.717) is 6.54 Å². The molecule has 4 nitrogen and oxygen atoms in total. The largest absolute Gasteiger partial charge is 0.444 e. The first-order valence-electron chi connectivity index (χ1n) is 7.55. The molecule has 5 heteroatoms. The van der Waals surface area contributed by atoms with Crippen molar-refractivity contribution >= 4 is 17.4 Å². The SMILES string of the molecule is CCCN(CCNCc1sccc1C)C(=O)OC(C)(C)C. The van der Waals surface area contributed by atoms with Crippen LogP contribution in [0.4, 0.5) is 4.79 Å². The summed E-state index contributed by atoms with van der Waals surface area (Å²) in [4.78, 5) is 15.2. The Morgan fingerprint density at radius 2 is 2.10 bits per heavy atom. The summed E-state index contributed by atoms with van der Waals surface area (Å²) in [5.41, 5.74) is 0.884. The van der Waals surface area contributed by atoms with Crippen molar-refractivity contribution in [2.24, 2.45) is 0 Å². The van der Waals surface area contributed by atoms with E-state index in [-0.39, 0.29) is 6.09 Å². The van der Waals surface area contributed by atoms with E-state index in [1.165, 1.54) is 10.4 Å². The molecule has 0 unspecified atom stereocenters. The second-order valence-electron chi connectivity index (χ2n) is 6.17. The maximum absolute atomic E-state index is 12.1. The van der Waals surface area contributed by atoms with Crippen LogP contribution in [0.25, 0.3) is 0 Å². The maximum Gasteiger partial charge on any atom is 0.410 e. The first kappa shape index (κ1) is 18.0. The van der Waals surface area contributed by atoms with E-state index < -0.39 is 5.60 Å². The summed E-state index contributed by atoms with van der Waals surface area (Å²) in [6.45, 7) is 12.9. The molecule has 1 aromatic heterocycles. The highest BCUT2D eigenvalue weighted by molar-refractivity contribution is 7.10. The van der Waals surface area contributed by atoms with Gasteiger partial charge in [0.05, 0.1) is 0 Å². The number of rotatable bonds is 7. The third-order valence-corrected chi connectivity index (χ3v) is 3.98. The van der Waals surface area contributed by atoms with Crippen molar-refractivity contribution in [3.8, 4) is 0 Å². The van der Waals surface area contributed by atoms with Crippen LogP contribution in [-0.4, -0.2) is 36.2 Å². The van der Waals surface area contributed by atoms with Gasteiger partial charge < -0.3 is 15.0 Å². The third kappa shape index (κ3) is 6.96. The number of nitrogens with zero attached hydrogens (tertiary/aromatic N) is 1. The molecule has 0 saturated carbocycles. The lowest BCUT2D eigenvalue weighted by molar-refractivity contribution is 0.0252. The van der Waals surface area contributed by atoms with Gasteiger partial charge in [-0.2, -0.15) is 0 Å². The minimum Gasteiger partial charge on any atom is -0.444 e. The summed E-state index contributed by atoms with van der Waals surface area (Å²) in [6.07, 6.45) is 0.710. The normalized spacial score (nSPS) is 11.5. The minimum absolute atomic E-state index is 0.224. The van der Waals surface area contributed by atoms with E-state index in [4.69, 9.17) is 4.74 Å².